The van der Waals surface area contributed by atoms with Gasteiger partial charge in [-0.2, -0.15) is 13.2 Å². The van der Waals surface area contributed by atoms with E-state index < -0.39 is 11.7 Å². The van der Waals surface area contributed by atoms with E-state index in [0.29, 0.717) is 37.6 Å². The summed E-state index contributed by atoms with van der Waals surface area (Å²) in [6.45, 7) is 7.54. The first-order chi connectivity index (χ1) is 16.1. The van der Waals surface area contributed by atoms with Gasteiger partial charge >= 0.3 is 6.18 Å². The fourth-order valence-corrected chi connectivity index (χ4v) is 4.41. The maximum Gasteiger partial charge on any atom is 0.416 e. The monoisotopic (exact) mass is 472 g/mol. The molecule has 0 atom stereocenters. The van der Waals surface area contributed by atoms with Crippen LogP contribution in [0.25, 0.3) is 16.5 Å². The number of methoxy groups -OCH3 is 1. The van der Waals surface area contributed by atoms with Crippen molar-refractivity contribution in [1.29, 1.82) is 0 Å². The van der Waals surface area contributed by atoms with Gasteiger partial charge in [0, 0.05) is 54.5 Å². The lowest BCUT2D eigenvalue weighted by atomic mass is 9.98. The molecule has 180 valence electrons. The molecule has 1 aliphatic rings. The molecule has 2 aromatic carbocycles. The van der Waals surface area contributed by atoms with E-state index in [1.54, 1.807) is 30.4 Å². The molecule has 0 saturated carbocycles. The third kappa shape index (κ3) is 4.49. The summed E-state index contributed by atoms with van der Waals surface area (Å²) < 4.78 is 50.4. The van der Waals surface area contributed by atoms with E-state index in [4.69, 9.17) is 9.15 Å². The zero-order valence-corrected chi connectivity index (χ0v) is 19.6. The highest BCUT2D eigenvalue weighted by atomic mass is 19.4. The van der Waals surface area contributed by atoms with Gasteiger partial charge in [0.2, 0.25) is 5.91 Å². The first-order valence-corrected chi connectivity index (χ1v) is 11.1. The molecule has 0 aliphatic carbocycles. The van der Waals surface area contributed by atoms with E-state index in [-0.39, 0.29) is 5.91 Å². The lowest BCUT2D eigenvalue weighted by Gasteiger charge is -2.36. The van der Waals surface area contributed by atoms with Gasteiger partial charge in [0.25, 0.3) is 0 Å². The number of allylic oxidation sites excluding steroid dienone is 1. The van der Waals surface area contributed by atoms with Gasteiger partial charge < -0.3 is 19.0 Å². The number of hydrogen-bond donors (Lipinski definition) is 0. The Kier molecular flexibility index (Phi) is 6.34. The fourth-order valence-electron chi connectivity index (χ4n) is 4.41. The number of piperazine rings is 1. The summed E-state index contributed by atoms with van der Waals surface area (Å²) in [7, 11) is 1.59. The molecule has 1 aliphatic heterocycles. The van der Waals surface area contributed by atoms with Crippen LogP contribution in [0.15, 0.2) is 47.1 Å². The molecule has 1 aromatic heterocycles. The molecular weight excluding hydrogens is 445 g/mol. The van der Waals surface area contributed by atoms with Crippen molar-refractivity contribution in [1.82, 2.24) is 4.90 Å². The number of hydrogen-bond acceptors (Lipinski definition) is 4. The second-order valence-corrected chi connectivity index (χ2v) is 8.57. The maximum atomic E-state index is 13.0. The van der Waals surface area contributed by atoms with Gasteiger partial charge in [0.05, 0.1) is 18.9 Å². The smallest absolute Gasteiger partial charge is 0.416 e. The number of rotatable bonds is 4. The van der Waals surface area contributed by atoms with E-state index in [1.165, 1.54) is 6.07 Å². The number of ether oxygens (including phenoxy) is 1. The third-order valence-electron chi connectivity index (χ3n) is 6.34. The van der Waals surface area contributed by atoms with Gasteiger partial charge in [-0.15, -0.1) is 0 Å². The summed E-state index contributed by atoms with van der Waals surface area (Å²) >= 11 is 0. The number of carbonyl (C=O) groups is 1. The second kappa shape index (κ2) is 9.08. The van der Waals surface area contributed by atoms with Crippen LogP contribution in [0.4, 0.5) is 18.9 Å². The van der Waals surface area contributed by atoms with E-state index in [9.17, 15) is 18.0 Å². The minimum atomic E-state index is -4.38. The molecule has 1 fully saturated rings. The van der Waals surface area contributed by atoms with Gasteiger partial charge in [-0.3, -0.25) is 4.79 Å². The van der Waals surface area contributed by atoms with E-state index in [0.717, 1.165) is 45.4 Å². The Balaban J connectivity index is 1.50. The van der Waals surface area contributed by atoms with Crippen LogP contribution in [-0.2, 0) is 11.0 Å². The maximum absolute atomic E-state index is 13.0. The van der Waals surface area contributed by atoms with Crippen molar-refractivity contribution in [2.24, 2.45) is 0 Å². The van der Waals surface area contributed by atoms with Crippen LogP contribution >= 0.6 is 0 Å². The summed E-state index contributed by atoms with van der Waals surface area (Å²) in [6, 6.07) is 7.28. The zero-order chi connectivity index (χ0) is 24.6. The van der Waals surface area contributed by atoms with Crippen molar-refractivity contribution in [3.05, 3.63) is 64.9 Å². The van der Waals surface area contributed by atoms with Gasteiger partial charge in [0.1, 0.15) is 11.3 Å². The normalized spacial score (nSPS) is 15.2. The Morgan fingerprint density at radius 1 is 1.12 bits per heavy atom. The Morgan fingerprint density at radius 2 is 1.82 bits per heavy atom. The summed E-state index contributed by atoms with van der Waals surface area (Å²) in [4.78, 5) is 16.6. The first kappa shape index (κ1) is 23.7. The van der Waals surface area contributed by atoms with Crippen molar-refractivity contribution in [3.8, 4) is 5.75 Å². The molecule has 0 N–H and O–H groups in total. The average Bonchev–Trinajstić information content (AvgIpc) is 3.19. The molecule has 0 spiro atoms. The van der Waals surface area contributed by atoms with Crippen molar-refractivity contribution < 1.29 is 27.1 Å². The van der Waals surface area contributed by atoms with Crippen LogP contribution in [0.5, 0.6) is 5.75 Å². The summed E-state index contributed by atoms with van der Waals surface area (Å²) in [5.74, 6) is 0.530. The van der Waals surface area contributed by atoms with Crippen LogP contribution in [0, 0.1) is 13.8 Å². The zero-order valence-electron chi connectivity index (χ0n) is 19.6. The average molecular weight is 473 g/mol. The molecule has 4 rings (SSSR count). The molecule has 0 bridgehead atoms. The molecule has 2 heterocycles. The number of alkyl halides is 3. The highest BCUT2D eigenvalue weighted by Gasteiger charge is 2.31. The minimum absolute atomic E-state index is 0.134. The minimum Gasteiger partial charge on any atom is -0.496 e. The van der Waals surface area contributed by atoms with Crippen LogP contribution < -0.4 is 9.64 Å². The van der Waals surface area contributed by atoms with Crippen molar-refractivity contribution in [2.75, 3.05) is 38.2 Å². The Bertz CT molecular complexity index is 1250. The Hall–Kier alpha value is -3.42. The predicted molar refractivity (Wildman–Crippen MR) is 126 cm³/mol. The number of fused-ring (bicyclic) bond motifs is 1. The molecule has 3 aromatic rings. The number of nitrogens with zero attached hydrogens (tertiary/aromatic N) is 2. The topological polar surface area (TPSA) is 45.9 Å². The number of aryl methyl sites for hydroxylation is 2. The molecule has 5 nitrogen and oxygen atoms in total. The van der Waals surface area contributed by atoms with Crippen molar-refractivity contribution in [3.63, 3.8) is 0 Å². The van der Waals surface area contributed by atoms with Crippen LogP contribution in [0.3, 0.4) is 0 Å². The van der Waals surface area contributed by atoms with Gasteiger partial charge in [-0.1, -0.05) is 6.07 Å². The highest BCUT2D eigenvalue weighted by Crippen LogP contribution is 2.37. The van der Waals surface area contributed by atoms with Crippen molar-refractivity contribution >= 4 is 28.1 Å². The standard InChI is InChI=1S/C26H27F3N2O3/c1-16(21-14-22-17(2)15-34-25(22)18(3)24(21)33-4)12-23(32)31-10-8-30(9-11-31)20-7-5-6-19(13-20)26(27,28)29/h5-7,12-15H,8-11H2,1-4H3/b16-12+. The summed E-state index contributed by atoms with van der Waals surface area (Å²) in [5, 5.41) is 0.975. The first-order valence-electron chi connectivity index (χ1n) is 11.1. The number of benzene rings is 2. The molecule has 8 heteroatoms. The van der Waals surface area contributed by atoms with Crippen LogP contribution in [0.2, 0.25) is 0 Å². The summed E-state index contributed by atoms with van der Waals surface area (Å²) in [5.41, 5.74) is 4.09. The van der Waals surface area contributed by atoms with E-state index in [1.807, 2.05) is 31.7 Å². The summed E-state index contributed by atoms with van der Waals surface area (Å²) in [6.07, 6.45) is -1.08. The number of amides is 1. The van der Waals surface area contributed by atoms with Crippen molar-refractivity contribution in [2.45, 2.75) is 26.9 Å². The molecule has 1 saturated heterocycles. The fraction of sp³-hybridized carbons (Fsp3) is 0.346. The van der Waals surface area contributed by atoms with E-state index in [2.05, 4.69) is 0 Å². The van der Waals surface area contributed by atoms with Crippen LogP contribution in [-0.4, -0.2) is 44.1 Å². The lowest BCUT2D eigenvalue weighted by Crippen LogP contribution is -2.48. The number of halogens is 3. The van der Waals surface area contributed by atoms with Gasteiger partial charge in [-0.05, 0) is 56.2 Å². The quantitative estimate of drug-likeness (QED) is 0.449. The Labute approximate surface area is 196 Å². The molecule has 0 radical (unpaired) electrons. The number of furan rings is 1. The molecule has 0 unspecified atom stereocenters. The lowest BCUT2D eigenvalue weighted by molar-refractivity contribution is -0.137. The second-order valence-electron chi connectivity index (χ2n) is 8.57. The SMILES string of the molecule is COc1c(/C(C)=C/C(=O)N2CCN(c3cccc(C(F)(F)F)c3)CC2)cc2c(C)coc2c1C. The molecule has 34 heavy (non-hydrogen) atoms. The predicted octanol–water partition coefficient (Wildman–Crippen LogP) is 5.83. The molecule has 1 amide bonds. The third-order valence-corrected chi connectivity index (χ3v) is 6.34. The van der Waals surface area contributed by atoms with E-state index >= 15 is 0 Å². The van der Waals surface area contributed by atoms with Gasteiger partial charge in [0.15, 0.2) is 0 Å². The Morgan fingerprint density at radius 3 is 2.47 bits per heavy atom. The number of anilines is 1. The highest BCUT2D eigenvalue weighted by molar-refractivity contribution is 5.98. The van der Waals surface area contributed by atoms with Gasteiger partial charge in [-0.25, -0.2) is 0 Å². The largest absolute Gasteiger partial charge is 0.496 e. The van der Waals surface area contributed by atoms with Crippen LogP contribution in [0.1, 0.15) is 29.2 Å². The number of carbonyl (C=O) groups excluding carboxylic acids is 1. The molecular formula is C26H27F3N2O3.